The highest BCUT2D eigenvalue weighted by Gasteiger charge is 2.38. The summed E-state index contributed by atoms with van der Waals surface area (Å²) >= 11 is 3.47. The van der Waals surface area contributed by atoms with Gasteiger partial charge in [-0.1, -0.05) is 76.6 Å². The molecule has 2 unspecified atom stereocenters. The van der Waals surface area contributed by atoms with Crippen molar-refractivity contribution in [1.82, 2.24) is 0 Å². The maximum atomic E-state index is 11.1. The molecule has 3 aromatic rings. The largest absolute Gasteiger partial charge is 0.384 e. The van der Waals surface area contributed by atoms with Crippen LogP contribution >= 0.6 is 15.9 Å². The van der Waals surface area contributed by atoms with Crippen LogP contribution in [0.5, 0.6) is 0 Å². The molecule has 4 rings (SSSR count). The van der Waals surface area contributed by atoms with E-state index in [4.69, 9.17) is 5.10 Å². The molecule has 0 saturated carbocycles. The molecule has 0 amide bonds. The number of halogens is 1. The van der Waals surface area contributed by atoms with Gasteiger partial charge in [-0.25, -0.2) is 0 Å². The Kier molecular flexibility index (Phi) is 4.38. The molecule has 0 bridgehead atoms. The van der Waals surface area contributed by atoms with Crippen molar-refractivity contribution in [3.8, 4) is 0 Å². The molecule has 1 aliphatic rings. The van der Waals surface area contributed by atoms with Crippen LogP contribution in [0.15, 0.2) is 94.5 Å². The highest BCUT2D eigenvalue weighted by molar-refractivity contribution is 9.10. The van der Waals surface area contributed by atoms with Crippen molar-refractivity contribution in [3.05, 3.63) is 101 Å². The van der Waals surface area contributed by atoms with Crippen LogP contribution in [0.3, 0.4) is 0 Å². The first kappa shape index (κ1) is 16.1. The van der Waals surface area contributed by atoms with Crippen molar-refractivity contribution in [2.75, 3.05) is 5.01 Å². The number of aliphatic hydroxyl groups excluding tert-OH is 1. The van der Waals surface area contributed by atoms with Crippen LogP contribution < -0.4 is 5.01 Å². The van der Waals surface area contributed by atoms with E-state index in [1.165, 1.54) is 0 Å². The fourth-order valence-corrected chi connectivity index (χ4v) is 3.41. The van der Waals surface area contributed by atoms with Crippen molar-refractivity contribution in [1.29, 1.82) is 0 Å². The van der Waals surface area contributed by atoms with Gasteiger partial charge in [-0.05, 0) is 29.8 Å². The Morgan fingerprint density at radius 3 is 2.04 bits per heavy atom. The Balaban J connectivity index is 1.81. The molecule has 3 aromatic carbocycles. The standard InChI is InChI=1S/C21H17BrN2O/c22-17-11-13-18(14-12-17)24-20(16-9-5-2-6-10-16)21(25)19(23-24)15-7-3-1-4-8-15/h1-14,20-21,25H. The predicted octanol–water partition coefficient (Wildman–Crippen LogP) is 4.78. The van der Waals surface area contributed by atoms with E-state index in [1.807, 2.05) is 89.9 Å². The predicted molar refractivity (Wildman–Crippen MR) is 105 cm³/mol. The van der Waals surface area contributed by atoms with Gasteiger partial charge in [0.1, 0.15) is 12.1 Å². The highest BCUT2D eigenvalue weighted by Crippen LogP contribution is 2.37. The first-order valence-electron chi connectivity index (χ1n) is 8.16. The summed E-state index contributed by atoms with van der Waals surface area (Å²) in [5.74, 6) is 0. The number of nitrogens with zero attached hydrogens (tertiary/aromatic N) is 2. The lowest BCUT2D eigenvalue weighted by Crippen LogP contribution is -2.29. The maximum Gasteiger partial charge on any atom is 0.125 e. The zero-order valence-electron chi connectivity index (χ0n) is 13.5. The van der Waals surface area contributed by atoms with Crippen molar-refractivity contribution in [2.45, 2.75) is 12.1 Å². The summed E-state index contributed by atoms with van der Waals surface area (Å²) in [5.41, 5.74) is 3.61. The smallest absolute Gasteiger partial charge is 0.125 e. The van der Waals surface area contributed by atoms with Gasteiger partial charge in [0.05, 0.1) is 11.4 Å². The SMILES string of the molecule is OC1C(c2ccccc2)=NN(c2ccc(Br)cc2)C1c1ccccc1. The Labute approximate surface area is 155 Å². The number of hydrazone groups is 1. The molecule has 0 fully saturated rings. The lowest BCUT2D eigenvalue weighted by atomic mass is 9.95. The molecule has 1 heterocycles. The van der Waals surface area contributed by atoms with E-state index in [9.17, 15) is 5.11 Å². The Morgan fingerprint density at radius 1 is 0.800 bits per heavy atom. The third kappa shape index (κ3) is 3.11. The van der Waals surface area contributed by atoms with E-state index in [-0.39, 0.29) is 6.04 Å². The quantitative estimate of drug-likeness (QED) is 0.696. The molecular weight excluding hydrogens is 376 g/mol. The number of hydrogen-bond donors (Lipinski definition) is 1. The van der Waals surface area contributed by atoms with Gasteiger partial charge in [-0.3, -0.25) is 5.01 Å². The summed E-state index contributed by atoms with van der Waals surface area (Å²) in [6.45, 7) is 0. The van der Waals surface area contributed by atoms with Crippen LogP contribution in [0.4, 0.5) is 5.69 Å². The average Bonchev–Trinajstić information content (AvgIpc) is 3.01. The average molecular weight is 393 g/mol. The first-order chi connectivity index (χ1) is 12.2. The minimum atomic E-state index is -0.701. The molecule has 0 spiro atoms. The fraction of sp³-hybridized carbons (Fsp3) is 0.0952. The van der Waals surface area contributed by atoms with Crippen LogP contribution in [0.25, 0.3) is 0 Å². The lowest BCUT2D eigenvalue weighted by molar-refractivity contribution is 0.217. The van der Waals surface area contributed by atoms with Crippen LogP contribution in [-0.4, -0.2) is 16.9 Å². The van der Waals surface area contributed by atoms with Crippen molar-refractivity contribution in [3.63, 3.8) is 0 Å². The lowest BCUT2D eigenvalue weighted by Gasteiger charge is -2.26. The van der Waals surface area contributed by atoms with E-state index in [0.717, 1.165) is 21.3 Å². The van der Waals surface area contributed by atoms with Gasteiger partial charge in [0, 0.05) is 10.0 Å². The minimum absolute atomic E-state index is 0.252. The summed E-state index contributed by atoms with van der Waals surface area (Å²) in [7, 11) is 0. The van der Waals surface area contributed by atoms with Gasteiger partial charge in [0.25, 0.3) is 0 Å². The van der Waals surface area contributed by atoms with Crippen LogP contribution in [0.1, 0.15) is 17.2 Å². The fourth-order valence-electron chi connectivity index (χ4n) is 3.14. The second-order valence-electron chi connectivity index (χ2n) is 5.97. The van der Waals surface area contributed by atoms with Gasteiger partial charge in [-0.2, -0.15) is 5.10 Å². The van der Waals surface area contributed by atoms with Crippen molar-refractivity contribution >= 4 is 27.3 Å². The van der Waals surface area contributed by atoms with E-state index in [0.29, 0.717) is 5.71 Å². The molecule has 0 aliphatic carbocycles. The molecule has 1 aliphatic heterocycles. The topological polar surface area (TPSA) is 35.8 Å². The monoisotopic (exact) mass is 392 g/mol. The van der Waals surface area contributed by atoms with Crippen LogP contribution in [0, 0.1) is 0 Å². The molecule has 0 radical (unpaired) electrons. The zero-order chi connectivity index (χ0) is 17.2. The summed E-state index contributed by atoms with van der Waals surface area (Å²) in [4.78, 5) is 0. The van der Waals surface area contributed by atoms with Crippen molar-refractivity contribution in [2.24, 2.45) is 5.10 Å². The number of aliphatic hydroxyl groups is 1. The Hall–Kier alpha value is -2.43. The molecule has 4 heteroatoms. The van der Waals surface area contributed by atoms with Crippen LogP contribution in [0.2, 0.25) is 0 Å². The van der Waals surface area contributed by atoms with Gasteiger partial charge < -0.3 is 5.11 Å². The summed E-state index contributed by atoms with van der Waals surface area (Å²) < 4.78 is 1.01. The number of anilines is 1. The molecule has 1 N–H and O–H groups in total. The Bertz CT molecular complexity index is 879. The van der Waals surface area contributed by atoms with E-state index in [1.54, 1.807) is 0 Å². The third-order valence-electron chi connectivity index (χ3n) is 4.36. The summed E-state index contributed by atoms with van der Waals surface area (Å²) in [6.07, 6.45) is -0.701. The maximum absolute atomic E-state index is 11.1. The molecule has 0 aromatic heterocycles. The molecule has 124 valence electrons. The van der Waals surface area contributed by atoms with Gasteiger partial charge in [0.2, 0.25) is 0 Å². The van der Waals surface area contributed by atoms with E-state index in [2.05, 4.69) is 15.9 Å². The van der Waals surface area contributed by atoms with Crippen molar-refractivity contribution < 1.29 is 5.11 Å². The summed E-state index contributed by atoms with van der Waals surface area (Å²) in [5, 5.41) is 17.8. The second-order valence-corrected chi connectivity index (χ2v) is 6.89. The minimum Gasteiger partial charge on any atom is -0.384 e. The number of hydrogen-bond acceptors (Lipinski definition) is 3. The third-order valence-corrected chi connectivity index (χ3v) is 4.89. The number of benzene rings is 3. The van der Waals surface area contributed by atoms with E-state index >= 15 is 0 Å². The number of rotatable bonds is 3. The highest BCUT2D eigenvalue weighted by atomic mass is 79.9. The second kappa shape index (κ2) is 6.82. The van der Waals surface area contributed by atoms with Gasteiger partial charge >= 0.3 is 0 Å². The normalized spacial score (nSPS) is 19.8. The van der Waals surface area contributed by atoms with Crippen LogP contribution in [-0.2, 0) is 0 Å². The first-order valence-corrected chi connectivity index (χ1v) is 8.95. The summed E-state index contributed by atoms with van der Waals surface area (Å²) in [6, 6.07) is 27.6. The molecular formula is C21H17BrN2O. The molecule has 25 heavy (non-hydrogen) atoms. The molecule has 2 atom stereocenters. The van der Waals surface area contributed by atoms with Gasteiger partial charge in [-0.15, -0.1) is 0 Å². The Morgan fingerprint density at radius 2 is 1.40 bits per heavy atom. The van der Waals surface area contributed by atoms with Gasteiger partial charge in [0.15, 0.2) is 0 Å². The molecule has 3 nitrogen and oxygen atoms in total. The zero-order valence-corrected chi connectivity index (χ0v) is 15.0. The molecule has 0 saturated heterocycles. The van der Waals surface area contributed by atoms with E-state index < -0.39 is 6.10 Å².